The number of hydrogen-bond acceptors (Lipinski definition) is 6. The summed E-state index contributed by atoms with van der Waals surface area (Å²) in [5, 5.41) is 8.89. The van der Waals surface area contributed by atoms with Crippen molar-refractivity contribution in [3.05, 3.63) is 59.2 Å². The van der Waals surface area contributed by atoms with Crippen LogP contribution in [0.1, 0.15) is 30.7 Å². The summed E-state index contributed by atoms with van der Waals surface area (Å²) in [5.41, 5.74) is 1.42. The van der Waals surface area contributed by atoms with E-state index < -0.39 is 15.1 Å². The summed E-state index contributed by atoms with van der Waals surface area (Å²) >= 11 is 5.91. The molecule has 0 N–H and O–H groups in total. The van der Waals surface area contributed by atoms with Crippen LogP contribution in [0.4, 0.5) is 5.82 Å². The van der Waals surface area contributed by atoms with Gasteiger partial charge in [-0.1, -0.05) is 30.7 Å². The van der Waals surface area contributed by atoms with Gasteiger partial charge in [0.05, 0.1) is 22.0 Å². The normalized spacial score (nSPS) is 18.2. The molecule has 1 aromatic heterocycles. The molecule has 0 bridgehead atoms. The number of benzene rings is 2. The van der Waals surface area contributed by atoms with E-state index >= 15 is 0 Å². The molecule has 1 aliphatic rings. The van der Waals surface area contributed by atoms with Crippen molar-refractivity contribution < 1.29 is 8.42 Å². The Hall–Kier alpha value is -2.69. The molecule has 1 fully saturated rings. The Morgan fingerprint density at radius 1 is 1.13 bits per heavy atom. The predicted octanol–water partition coefficient (Wildman–Crippen LogP) is 4.56. The maximum atomic E-state index is 13.4. The van der Waals surface area contributed by atoms with Crippen molar-refractivity contribution in [3.8, 4) is 6.07 Å². The zero-order valence-electron chi connectivity index (χ0n) is 16.5. The highest BCUT2D eigenvalue weighted by molar-refractivity contribution is 7.92. The van der Waals surface area contributed by atoms with E-state index in [0.717, 1.165) is 25.9 Å². The molecular formula is C22H21ClN4O2S. The number of nitrogens with zero attached hydrogens (tertiary/aromatic N) is 4. The maximum absolute atomic E-state index is 13.4. The number of anilines is 1. The zero-order valence-corrected chi connectivity index (χ0v) is 18.1. The molecule has 1 aliphatic heterocycles. The third kappa shape index (κ3) is 3.85. The van der Waals surface area contributed by atoms with Gasteiger partial charge in [0.1, 0.15) is 5.69 Å². The molecule has 0 spiro atoms. The fourth-order valence-electron chi connectivity index (χ4n) is 3.83. The van der Waals surface area contributed by atoms with Crippen LogP contribution < -0.4 is 4.90 Å². The first-order valence-corrected chi connectivity index (χ1v) is 11.7. The first-order chi connectivity index (χ1) is 14.4. The molecule has 2 atom stereocenters. The van der Waals surface area contributed by atoms with E-state index in [-0.39, 0.29) is 10.6 Å². The van der Waals surface area contributed by atoms with Gasteiger partial charge in [-0.3, -0.25) is 0 Å². The fourth-order valence-corrected chi connectivity index (χ4v) is 5.34. The van der Waals surface area contributed by atoms with Crippen molar-refractivity contribution in [2.45, 2.75) is 29.9 Å². The minimum atomic E-state index is -4.01. The lowest BCUT2D eigenvalue weighted by molar-refractivity contribution is 0.443. The number of halogens is 1. The summed E-state index contributed by atoms with van der Waals surface area (Å²) in [6.07, 6.45) is 2.09. The van der Waals surface area contributed by atoms with Gasteiger partial charge in [-0.05, 0) is 55.2 Å². The van der Waals surface area contributed by atoms with E-state index in [1.807, 2.05) is 24.3 Å². The van der Waals surface area contributed by atoms with Crippen molar-refractivity contribution in [3.63, 3.8) is 0 Å². The zero-order chi connectivity index (χ0) is 21.3. The van der Waals surface area contributed by atoms with E-state index in [1.165, 1.54) is 24.3 Å². The highest BCUT2D eigenvalue weighted by Crippen LogP contribution is 2.35. The van der Waals surface area contributed by atoms with Crippen molar-refractivity contribution in [2.75, 3.05) is 18.0 Å². The van der Waals surface area contributed by atoms with Gasteiger partial charge in [0.15, 0.2) is 11.1 Å². The number of para-hydroxylation sites is 2. The van der Waals surface area contributed by atoms with Crippen molar-refractivity contribution in [2.24, 2.45) is 5.92 Å². The Bertz CT molecular complexity index is 1220. The van der Waals surface area contributed by atoms with Crippen LogP contribution in [-0.2, 0) is 9.84 Å². The molecular weight excluding hydrogens is 420 g/mol. The second-order valence-corrected chi connectivity index (χ2v) is 10.1. The van der Waals surface area contributed by atoms with Gasteiger partial charge in [-0.25, -0.2) is 18.4 Å². The summed E-state index contributed by atoms with van der Waals surface area (Å²) in [6.45, 7) is 3.66. The van der Waals surface area contributed by atoms with Gasteiger partial charge in [0.25, 0.3) is 0 Å². The predicted molar refractivity (Wildman–Crippen MR) is 117 cm³/mol. The number of hydrogen-bond donors (Lipinski definition) is 0. The van der Waals surface area contributed by atoms with E-state index in [0.29, 0.717) is 27.8 Å². The first kappa shape index (κ1) is 20.6. The molecule has 30 heavy (non-hydrogen) atoms. The van der Waals surface area contributed by atoms with Crippen LogP contribution in [-0.4, -0.2) is 31.5 Å². The molecule has 2 aromatic carbocycles. The van der Waals surface area contributed by atoms with Crippen LogP contribution in [0.3, 0.4) is 0 Å². The Morgan fingerprint density at radius 3 is 2.43 bits per heavy atom. The molecule has 6 nitrogen and oxygen atoms in total. The number of piperidine rings is 1. The van der Waals surface area contributed by atoms with Crippen molar-refractivity contribution >= 4 is 38.3 Å². The van der Waals surface area contributed by atoms with Crippen LogP contribution in [0.15, 0.2) is 53.4 Å². The average Bonchev–Trinajstić information content (AvgIpc) is 2.74. The Morgan fingerprint density at radius 2 is 1.80 bits per heavy atom. The molecule has 2 heterocycles. The maximum Gasteiger partial charge on any atom is 0.200 e. The molecule has 8 heteroatoms. The largest absolute Gasteiger partial charge is 0.355 e. The van der Waals surface area contributed by atoms with E-state index in [1.54, 1.807) is 6.07 Å². The second kappa shape index (κ2) is 8.21. The van der Waals surface area contributed by atoms with Crippen LogP contribution in [0.2, 0.25) is 5.02 Å². The summed E-state index contributed by atoms with van der Waals surface area (Å²) in [7, 11) is -4.01. The highest BCUT2D eigenvalue weighted by Gasteiger charge is 2.35. The van der Waals surface area contributed by atoms with Gasteiger partial charge in [0, 0.05) is 18.1 Å². The van der Waals surface area contributed by atoms with E-state index in [2.05, 4.69) is 16.8 Å². The lowest BCUT2D eigenvalue weighted by Crippen LogP contribution is -2.36. The van der Waals surface area contributed by atoms with Crippen LogP contribution in [0.5, 0.6) is 0 Å². The smallest absolute Gasteiger partial charge is 0.200 e. The third-order valence-electron chi connectivity index (χ3n) is 5.35. The minimum Gasteiger partial charge on any atom is -0.355 e. The van der Waals surface area contributed by atoms with Crippen LogP contribution >= 0.6 is 11.6 Å². The van der Waals surface area contributed by atoms with Crippen molar-refractivity contribution in [1.82, 2.24) is 9.97 Å². The molecule has 154 valence electrons. The standard InChI is InChI=1S/C22H21ClN4O2S/c1-15-5-4-12-27(14-15)22-21(25-18-6-2-3-7-19(18)26-22)20(13-24)30(28,29)17-10-8-16(23)9-11-17/h2-3,6-11,15,20H,4-5,12,14H2,1H3/t15-,20+/m0/s1. The first-order valence-electron chi connectivity index (χ1n) is 9.81. The molecule has 0 aliphatic carbocycles. The molecule has 0 radical (unpaired) electrons. The van der Waals surface area contributed by atoms with Crippen LogP contribution in [0.25, 0.3) is 11.0 Å². The Labute approximate surface area is 181 Å². The van der Waals surface area contributed by atoms with Gasteiger partial charge < -0.3 is 4.90 Å². The average molecular weight is 441 g/mol. The molecule has 1 saturated heterocycles. The number of aromatic nitrogens is 2. The number of sulfone groups is 1. The van der Waals surface area contributed by atoms with E-state index in [4.69, 9.17) is 16.6 Å². The Kier molecular flexibility index (Phi) is 5.63. The molecule has 3 aromatic rings. The lowest BCUT2D eigenvalue weighted by atomic mass is 10.00. The molecule has 0 saturated carbocycles. The SMILES string of the molecule is C[C@H]1CCCN(c2nc3ccccc3nc2[C@@H](C#N)S(=O)(=O)c2ccc(Cl)cc2)C1. The van der Waals surface area contributed by atoms with Gasteiger partial charge >= 0.3 is 0 Å². The van der Waals surface area contributed by atoms with Gasteiger partial charge in [-0.15, -0.1) is 0 Å². The summed E-state index contributed by atoms with van der Waals surface area (Å²) < 4.78 is 26.7. The lowest BCUT2D eigenvalue weighted by Gasteiger charge is -2.33. The summed E-state index contributed by atoms with van der Waals surface area (Å²) in [4.78, 5) is 11.5. The number of fused-ring (bicyclic) bond motifs is 1. The Balaban J connectivity index is 1.89. The second-order valence-electron chi connectivity index (χ2n) is 7.62. The molecule has 0 unspecified atom stereocenters. The third-order valence-corrected chi connectivity index (χ3v) is 7.48. The summed E-state index contributed by atoms with van der Waals surface area (Å²) in [6, 6.07) is 15.1. The highest BCUT2D eigenvalue weighted by atomic mass is 35.5. The minimum absolute atomic E-state index is 0.0337. The van der Waals surface area contributed by atoms with E-state index in [9.17, 15) is 13.7 Å². The summed E-state index contributed by atoms with van der Waals surface area (Å²) in [5.74, 6) is 0.928. The quantitative estimate of drug-likeness (QED) is 0.591. The van der Waals surface area contributed by atoms with Gasteiger partial charge in [-0.2, -0.15) is 5.26 Å². The number of nitriles is 1. The monoisotopic (exact) mass is 440 g/mol. The topological polar surface area (TPSA) is 86.9 Å². The van der Waals surface area contributed by atoms with Gasteiger partial charge in [0.2, 0.25) is 9.84 Å². The molecule has 4 rings (SSSR count). The van der Waals surface area contributed by atoms with Crippen molar-refractivity contribution in [1.29, 1.82) is 5.26 Å². The molecule has 0 amide bonds. The number of rotatable bonds is 4. The van der Waals surface area contributed by atoms with Crippen LogP contribution in [0, 0.1) is 17.2 Å². The fraction of sp³-hybridized carbons (Fsp3) is 0.318.